The SMILES string of the molecule is CC(C)CCN(C)C(=O)c1cc[c]cc1. The van der Waals surface area contributed by atoms with E-state index in [0.29, 0.717) is 5.92 Å². The molecule has 0 aliphatic heterocycles. The van der Waals surface area contributed by atoms with Crippen LogP contribution in [0.4, 0.5) is 0 Å². The van der Waals surface area contributed by atoms with Gasteiger partial charge in [0.1, 0.15) is 0 Å². The van der Waals surface area contributed by atoms with Crippen LogP contribution in [0.25, 0.3) is 0 Å². The van der Waals surface area contributed by atoms with E-state index in [1.807, 2.05) is 7.05 Å². The monoisotopic (exact) mass is 204 g/mol. The van der Waals surface area contributed by atoms with E-state index in [9.17, 15) is 4.79 Å². The zero-order valence-corrected chi connectivity index (χ0v) is 9.66. The molecule has 1 radical (unpaired) electrons. The predicted molar refractivity (Wildman–Crippen MR) is 61.7 cm³/mol. The standard InChI is InChI=1S/C13H18NO/c1-11(2)9-10-14(3)13(15)12-7-5-4-6-8-12/h5-8,11H,9-10H2,1-3H3. The number of hydrogen-bond acceptors (Lipinski definition) is 1. The molecule has 2 heteroatoms. The Morgan fingerprint density at radius 3 is 2.53 bits per heavy atom. The highest BCUT2D eigenvalue weighted by Gasteiger charge is 2.10. The molecule has 1 aromatic rings. The van der Waals surface area contributed by atoms with E-state index in [1.54, 1.807) is 29.2 Å². The van der Waals surface area contributed by atoms with Gasteiger partial charge in [-0.25, -0.2) is 0 Å². The van der Waals surface area contributed by atoms with Gasteiger partial charge in [0.05, 0.1) is 0 Å². The molecule has 0 unspecified atom stereocenters. The van der Waals surface area contributed by atoms with Crippen LogP contribution in [-0.4, -0.2) is 24.4 Å². The number of hydrogen-bond donors (Lipinski definition) is 0. The van der Waals surface area contributed by atoms with E-state index < -0.39 is 0 Å². The number of carbonyl (C=O) groups is 1. The molecule has 0 spiro atoms. The molecule has 15 heavy (non-hydrogen) atoms. The lowest BCUT2D eigenvalue weighted by atomic mass is 10.1. The number of carbonyl (C=O) groups excluding carboxylic acids is 1. The Kier molecular flexibility index (Phi) is 4.35. The molecule has 0 aliphatic carbocycles. The first-order valence-corrected chi connectivity index (χ1v) is 5.33. The van der Waals surface area contributed by atoms with Crippen molar-refractivity contribution in [3.05, 3.63) is 35.9 Å². The van der Waals surface area contributed by atoms with E-state index in [4.69, 9.17) is 0 Å². The Morgan fingerprint density at radius 2 is 2.00 bits per heavy atom. The highest BCUT2D eigenvalue weighted by Crippen LogP contribution is 2.06. The van der Waals surface area contributed by atoms with Crippen LogP contribution < -0.4 is 0 Å². The van der Waals surface area contributed by atoms with E-state index in [1.165, 1.54) is 0 Å². The summed E-state index contributed by atoms with van der Waals surface area (Å²) in [6, 6.07) is 10.0. The lowest BCUT2D eigenvalue weighted by molar-refractivity contribution is 0.0789. The Balaban J connectivity index is 2.54. The number of amides is 1. The van der Waals surface area contributed by atoms with Crippen LogP contribution in [0, 0.1) is 12.0 Å². The number of benzene rings is 1. The zero-order valence-electron chi connectivity index (χ0n) is 9.66. The normalized spacial score (nSPS) is 10.4. The summed E-state index contributed by atoms with van der Waals surface area (Å²) in [6.07, 6.45) is 1.04. The topological polar surface area (TPSA) is 20.3 Å². The van der Waals surface area contributed by atoms with Crippen molar-refractivity contribution >= 4 is 5.91 Å². The lowest BCUT2D eigenvalue weighted by Gasteiger charge is -2.18. The molecule has 0 saturated carbocycles. The molecule has 2 nitrogen and oxygen atoms in total. The minimum absolute atomic E-state index is 0.0876. The highest BCUT2D eigenvalue weighted by molar-refractivity contribution is 5.93. The van der Waals surface area contributed by atoms with Crippen LogP contribution in [-0.2, 0) is 0 Å². The lowest BCUT2D eigenvalue weighted by Crippen LogP contribution is -2.28. The molecule has 0 atom stereocenters. The third-order valence-electron chi connectivity index (χ3n) is 2.35. The maximum absolute atomic E-state index is 11.9. The fraction of sp³-hybridized carbons (Fsp3) is 0.462. The first-order chi connectivity index (χ1) is 7.11. The van der Waals surface area contributed by atoms with Gasteiger partial charge in [0, 0.05) is 19.2 Å². The van der Waals surface area contributed by atoms with Gasteiger partial charge in [0.2, 0.25) is 0 Å². The zero-order chi connectivity index (χ0) is 11.3. The highest BCUT2D eigenvalue weighted by atomic mass is 16.2. The predicted octanol–water partition coefficient (Wildman–Crippen LogP) is 2.60. The molecular formula is C13H18NO. The fourth-order valence-electron chi connectivity index (χ4n) is 1.30. The molecule has 1 amide bonds. The molecular weight excluding hydrogens is 186 g/mol. The van der Waals surface area contributed by atoms with E-state index in [0.717, 1.165) is 18.5 Å². The van der Waals surface area contributed by atoms with Gasteiger partial charge in [-0.05, 0) is 30.5 Å². The smallest absolute Gasteiger partial charge is 0.253 e. The molecule has 81 valence electrons. The van der Waals surface area contributed by atoms with Crippen LogP contribution in [0.5, 0.6) is 0 Å². The van der Waals surface area contributed by atoms with Crippen LogP contribution >= 0.6 is 0 Å². The third kappa shape index (κ3) is 3.74. The van der Waals surface area contributed by atoms with Crippen molar-refractivity contribution in [2.45, 2.75) is 20.3 Å². The summed E-state index contributed by atoms with van der Waals surface area (Å²) in [5.41, 5.74) is 0.736. The van der Waals surface area contributed by atoms with Gasteiger partial charge in [0.15, 0.2) is 0 Å². The third-order valence-corrected chi connectivity index (χ3v) is 2.35. The average Bonchev–Trinajstić information content (AvgIpc) is 2.26. The summed E-state index contributed by atoms with van der Waals surface area (Å²) in [6.45, 7) is 5.14. The van der Waals surface area contributed by atoms with Crippen molar-refractivity contribution in [2.75, 3.05) is 13.6 Å². The molecule has 0 saturated heterocycles. The van der Waals surface area contributed by atoms with Gasteiger partial charge in [-0.2, -0.15) is 0 Å². The molecule has 0 aromatic heterocycles. The summed E-state index contributed by atoms with van der Waals surface area (Å²) in [4.78, 5) is 13.6. The van der Waals surface area contributed by atoms with Crippen molar-refractivity contribution in [3.63, 3.8) is 0 Å². The number of rotatable bonds is 4. The number of nitrogens with zero attached hydrogens (tertiary/aromatic N) is 1. The van der Waals surface area contributed by atoms with Gasteiger partial charge >= 0.3 is 0 Å². The summed E-state index contributed by atoms with van der Waals surface area (Å²) in [7, 11) is 1.85. The fourth-order valence-corrected chi connectivity index (χ4v) is 1.30. The van der Waals surface area contributed by atoms with Crippen molar-refractivity contribution in [2.24, 2.45) is 5.92 Å². The van der Waals surface area contributed by atoms with Gasteiger partial charge in [-0.15, -0.1) is 0 Å². The van der Waals surface area contributed by atoms with E-state index >= 15 is 0 Å². The molecule has 0 heterocycles. The first kappa shape index (κ1) is 11.8. The molecule has 1 aromatic carbocycles. The van der Waals surface area contributed by atoms with Crippen molar-refractivity contribution in [3.8, 4) is 0 Å². The summed E-state index contributed by atoms with van der Waals surface area (Å²) >= 11 is 0. The largest absolute Gasteiger partial charge is 0.342 e. The Hall–Kier alpha value is -1.31. The Morgan fingerprint density at radius 1 is 1.40 bits per heavy atom. The molecule has 0 fully saturated rings. The van der Waals surface area contributed by atoms with Gasteiger partial charge in [-0.3, -0.25) is 4.79 Å². The average molecular weight is 204 g/mol. The van der Waals surface area contributed by atoms with Gasteiger partial charge in [-0.1, -0.05) is 26.0 Å². The maximum atomic E-state index is 11.9. The van der Waals surface area contributed by atoms with Gasteiger partial charge in [0.25, 0.3) is 5.91 Å². The summed E-state index contributed by atoms with van der Waals surface area (Å²) in [5.74, 6) is 0.717. The summed E-state index contributed by atoms with van der Waals surface area (Å²) < 4.78 is 0. The maximum Gasteiger partial charge on any atom is 0.253 e. The van der Waals surface area contributed by atoms with Gasteiger partial charge < -0.3 is 4.90 Å². The van der Waals surface area contributed by atoms with Crippen LogP contribution in [0.3, 0.4) is 0 Å². The first-order valence-electron chi connectivity index (χ1n) is 5.33. The van der Waals surface area contributed by atoms with Crippen LogP contribution in [0.2, 0.25) is 0 Å². The second-order valence-corrected chi connectivity index (χ2v) is 4.20. The molecule has 0 bridgehead atoms. The van der Waals surface area contributed by atoms with Crippen molar-refractivity contribution < 1.29 is 4.79 Å². The minimum Gasteiger partial charge on any atom is -0.342 e. The quantitative estimate of drug-likeness (QED) is 0.738. The Labute approximate surface area is 91.9 Å². The second kappa shape index (κ2) is 5.54. The van der Waals surface area contributed by atoms with Crippen LogP contribution in [0.1, 0.15) is 30.6 Å². The Bertz CT molecular complexity index is 306. The molecule has 1 rings (SSSR count). The second-order valence-electron chi connectivity index (χ2n) is 4.20. The van der Waals surface area contributed by atoms with E-state index in [-0.39, 0.29) is 5.91 Å². The van der Waals surface area contributed by atoms with E-state index in [2.05, 4.69) is 19.9 Å². The van der Waals surface area contributed by atoms with Crippen molar-refractivity contribution in [1.29, 1.82) is 0 Å². The van der Waals surface area contributed by atoms with Crippen molar-refractivity contribution in [1.82, 2.24) is 4.90 Å². The minimum atomic E-state index is 0.0876. The van der Waals surface area contributed by atoms with Crippen LogP contribution in [0.15, 0.2) is 24.3 Å². The molecule has 0 aliphatic rings. The molecule has 0 N–H and O–H groups in total. The summed E-state index contributed by atoms with van der Waals surface area (Å²) in [5, 5.41) is 0.